The highest BCUT2D eigenvalue weighted by Gasteiger charge is 2.35. The molecule has 0 spiro atoms. The molecule has 1 aromatic carbocycles. The van der Waals surface area contributed by atoms with E-state index in [1.165, 1.54) is 11.1 Å². The largest absolute Gasteiger partial charge is 0.353 e. The Balaban J connectivity index is 1.73. The van der Waals surface area contributed by atoms with E-state index in [9.17, 15) is 13.2 Å². The molecule has 2 heterocycles. The number of carbonyl (C=O) groups is 1. The van der Waals surface area contributed by atoms with Crippen LogP contribution in [-0.4, -0.2) is 48.1 Å². The number of sulfone groups is 1. The third-order valence-electron chi connectivity index (χ3n) is 5.10. The molecule has 4 rings (SSSR count). The number of hydrogen-bond acceptors (Lipinski definition) is 4. The molecule has 0 aliphatic heterocycles. The maximum absolute atomic E-state index is 12.5. The lowest BCUT2D eigenvalue weighted by molar-refractivity contribution is 0.0956. The van der Waals surface area contributed by atoms with Crippen molar-refractivity contribution in [3.8, 4) is 11.4 Å². The number of hydrogen-bond donors (Lipinski definition) is 3. The Morgan fingerprint density at radius 3 is 2.81 bits per heavy atom. The molecule has 0 atom stereocenters. The predicted molar refractivity (Wildman–Crippen MR) is 105 cm³/mol. The maximum Gasteiger partial charge on any atom is 0.251 e. The molecule has 27 heavy (non-hydrogen) atoms. The van der Waals surface area contributed by atoms with Crippen molar-refractivity contribution >= 4 is 26.6 Å². The molecule has 0 bridgehead atoms. The normalized spacial score (nSPS) is 15.4. The van der Waals surface area contributed by atoms with Gasteiger partial charge in [-0.2, -0.15) is 5.10 Å². The Morgan fingerprint density at radius 1 is 1.30 bits per heavy atom. The second-order valence-corrected chi connectivity index (χ2v) is 10.1. The van der Waals surface area contributed by atoms with Crippen molar-refractivity contribution in [3.05, 3.63) is 41.1 Å². The van der Waals surface area contributed by atoms with Crippen molar-refractivity contribution < 1.29 is 13.2 Å². The summed E-state index contributed by atoms with van der Waals surface area (Å²) >= 11 is 0. The topological polar surface area (TPSA) is 108 Å². The van der Waals surface area contributed by atoms with Crippen LogP contribution < -0.4 is 5.32 Å². The molecule has 3 N–H and O–H groups in total. The maximum atomic E-state index is 12.5. The number of rotatable bonds is 4. The highest BCUT2D eigenvalue weighted by Crippen LogP contribution is 2.45. The second kappa shape index (κ2) is 5.95. The molecule has 0 unspecified atom stereocenters. The van der Waals surface area contributed by atoms with E-state index in [4.69, 9.17) is 0 Å². The van der Waals surface area contributed by atoms with E-state index in [0.29, 0.717) is 5.56 Å². The van der Waals surface area contributed by atoms with Crippen LogP contribution in [0.5, 0.6) is 0 Å². The zero-order chi connectivity index (χ0) is 19.4. The van der Waals surface area contributed by atoms with Gasteiger partial charge in [0.05, 0.1) is 23.3 Å². The van der Waals surface area contributed by atoms with Crippen molar-refractivity contribution in [3.63, 3.8) is 0 Å². The smallest absolute Gasteiger partial charge is 0.251 e. The summed E-state index contributed by atoms with van der Waals surface area (Å²) < 4.78 is 22.5. The van der Waals surface area contributed by atoms with E-state index < -0.39 is 9.84 Å². The summed E-state index contributed by atoms with van der Waals surface area (Å²) in [6.45, 7) is 4.48. The van der Waals surface area contributed by atoms with Crippen LogP contribution >= 0.6 is 0 Å². The molecule has 1 aliphatic rings. The van der Waals surface area contributed by atoms with Gasteiger partial charge in [-0.05, 0) is 35.6 Å². The van der Waals surface area contributed by atoms with Gasteiger partial charge in [0.2, 0.25) is 0 Å². The second-order valence-electron chi connectivity index (χ2n) is 7.85. The van der Waals surface area contributed by atoms with Crippen LogP contribution in [0.4, 0.5) is 0 Å². The quantitative estimate of drug-likeness (QED) is 0.638. The lowest BCUT2D eigenvalue weighted by Gasteiger charge is -2.30. The first-order valence-corrected chi connectivity index (χ1v) is 10.9. The predicted octanol–water partition coefficient (Wildman–Crippen LogP) is 2.17. The average Bonchev–Trinajstić information content (AvgIpc) is 3.16. The Hall–Kier alpha value is -2.61. The lowest BCUT2D eigenvalue weighted by atomic mass is 9.73. The number of benzene rings is 1. The fourth-order valence-electron chi connectivity index (χ4n) is 3.90. The molecule has 2 aromatic heterocycles. The Kier molecular flexibility index (Phi) is 3.92. The lowest BCUT2D eigenvalue weighted by Crippen LogP contribution is -2.28. The van der Waals surface area contributed by atoms with Gasteiger partial charge in [-0.25, -0.2) is 8.42 Å². The van der Waals surface area contributed by atoms with E-state index in [1.807, 2.05) is 18.3 Å². The number of fused-ring (bicyclic) bond motifs is 5. The molecule has 0 saturated carbocycles. The monoisotopic (exact) mass is 386 g/mol. The van der Waals surface area contributed by atoms with Crippen LogP contribution in [0.2, 0.25) is 0 Å². The number of nitrogens with one attached hydrogen (secondary N) is 3. The molecule has 7 nitrogen and oxygen atoms in total. The number of amides is 1. The molecule has 1 amide bonds. The number of aromatic nitrogens is 3. The molecule has 8 heteroatoms. The molecule has 0 radical (unpaired) electrons. The van der Waals surface area contributed by atoms with Crippen LogP contribution in [0.1, 0.15) is 35.3 Å². The zero-order valence-corrected chi connectivity index (χ0v) is 16.3. The fraction of sp³-hybridized carbons (Fsp3) is 0.368. The molecular formula is C19H22N4O3S. The Morgan fingerprint density at radius 2 is 2.07 bits per heavy atom. The molecule has 0 fully saturated rings. The summed E-state index contributed by atoms with van der Waals surface area (Å²) in [7, 11) is -3.11. The highest BCUT2D eigenvalue weighted by atomic mass is 32.2. The molecule has 3 aromatic rings. The van der Waals surface area contributed by atoms with Gasteiger partial charge in [0.25, 0.3) is 5.91 Å². The summed E-state index contributed by atoms with van der Waals surface area (Å²) in [6, 6.07) is 5.52. The van der Waals surface area contributed by atoms with Crippen molar-refractivity contribution in [2.45, 2.75) is 25.7 Å². The van der Waals surface area contributed by atoms with Gasteiger partial charge >= 0.3 is 0 Å². The van der Waals surface area contributed by atoms with Crippen molar-refractivity contribution in [2.75, 3.05) is 18.6 Å². The highest BCUT2D eigenvalue weighted by molar-refractivity contribution is 7.90. The SMILES string of the molecule is CC1(C)Cc2cn[nH]c2-c2[nH]c3ccc(C(=O)NCCS(C)(=O)=O)cc3c21. The summed E-state index contributed by atoms with van der Waals surface area (Å²) in [5.74, 6) is -0.345. The Labute approximate surface area is 157 Å². The van der Waals surface area contributed by atoms with Gasteiger partial charge in [0, 0.05) is 34.8 Å². The van der Waals surface area contributed by atoms with Gasteiger partial charge in [0.15, 0.2) is 0 Å². The van der Waals surface area contributed by atoms with Gasteiger partial charge in [-0.3, -0.25) is 9.89 Å². The summed E-state index contributed by atoms with van der Waals surface area (Å²) in [5.41, 5.74) is 5.74. The molecule has 1 aliphatic carbocycles. The van der Waals surface area contributed by atoms with E-state index in [1.54, 1.807) is 6.07 Å². The van der Waals surface area contributed by atoms with Gasteiger partial charge in [0.1, 0.15) is 9.84 Å². The van der Waals surface area contributed by atoms with Crippen molar-refractivity contribution in [1.82, 2.24) is 20.5 Å². The average molecular weight is 386 g/mol. The summed E-state index contributed by atoms with van der Waals surface area (Å²) in [6.07, 6.45) is 3.89. The first-order chi connectivity index (χ1) is 12.7. The third-order valence-corrected chi connectivity index (χ3v) is 6.04. The molecule has 0 saturated heterocycles. The number of nitrogens with zero attached hydrogens (tertiary/aromatic N) is 1. The number of H-pyrrole nitrogens is 2. The van der Waals surface area contributed by atoms with Crippen LogP contribution in [0.15, 0.2) is 24.4 Å². The standard InChI is InChI=1S/C19H22N4O3S/c1-19(2)9-12-10-21-23-16(12)17-15(19)13-8-11(4-5-14(13)22-17)18(24)20-6-7-27(3,25)26/h4-5,8,10,22H,6-7,9H2,1-3H3,(H,20,24)(H,21,23). The zero-order valence-electron chi connectivity index (χ0n) is 15.5. The van der Waals surface area contributed by atoms with Gasteiger partial charge < -0.3 is 10.3 Å². The van der Waals surface area contributed by atoms with Crippen LogP contribution in [0, 0.1) is 0 Å². The van der Waals surface area contributed by atoms with Gasteiger partial charge in [-0.1, -0.05) is 13.8 Å². The van der Waals surface area contributed by atoms with Crippen LogP contribution in [0.3, 0.4) is 0 Å². The number of aromatic amines is 2. The minimum atomic E-state index is -3.11. The summed E-state index contributed by atoms with van der Waals surface area (Å²) in [5, 5.41) is 10.9. The van der Waals surface area contributed by atoms with Crippen LogP contribution in [0.25, 0.3) is 22.3 Å². The minimum Gasteiger partial charge on any atom is -0.353 e. The Bertz CT molecular complexity index is 1160. The van der Waals surface area contributed by atoms with E-state index in [0.717, 1.165) is 35.0 Å². The van der Waals surface area contributed by atoms with Crippen LogP contribution in [-0.2, 0) is 21.7 Å². The van der Waals surface area contributed by atoms with E-state index in [-0.39, 0.29) is 23.6 Å². The van der Waals surface area contributed by atoms with E-state index in [2.05, 4.69) is 34.3 Å². The van der Waals surface area contributed by atoms with Crippen molar-refractivity contribution in [1.29, 1.82) is 0 Å². The molecule has 142 valence electrons. The van der Waals surface area contributed by atoms with Gasteiger partial charge in [-0.15, -0.1) is 0 Å². The first-order valence-electron chi connectivity index (χ1n) is 8.80. The van der Waals surface area contributed by atoms with Crippen molar-refractivity contribution in [2.24, 2.45) is 0 Å². The number of carbonyl (C=O) groups excluding carboxylic acids is 1. The summed E-state index contributed by atoms with van der Waals surface area (Å²) in [4.78, 5) is 15.9. The fourth-order valence-corrected chi connectivity index (χ4v) is 4.37. The third kappa shape index (κ3) is 3.14. The minimum absolute atomic E-state index is 0.0732. The first kappa shape index (κ1) is 17.8. The molecular weight excluding hydrogens is 364 g/mol. The van der Waals surface area contributed by atoms with E-state index >= 15 is 0 Å².